The summed E-state index contributed by atoms with van der Waals surface area (Å²) in [6.07, 6.45) is 4.46. The second-order valence-corrected chi connectivity index (χ2v) is 7.46. The molecule has 1 saturated heterocycles. The van der Waals surface area contributed by atoms with Crippen LogP contribution in [0, 0.1) is 5.92 Å². The van der Waals surface area contributed by atoms with Crippen LogP contribution in [0.1, 0.15) is 32.6 Å². The molecule has 2 amide bonds. The number of likely N-dealkylation sites (N-methyl/N-ethyl adjacent to an activating group) is 1. The lowest BCUT2D eigenvalue weighted by molar-refractivity contribution is -0.139. The molecule has 0 bridgehead atoms. The number of aliphatic carboxylic acids is 1. The van der Waals surface area contributed by atoms with E-state index in [0.717, 1.165) is 51.5 Å². The van der Waals surface area contributed by atoms with Crippen molar-refractivity contribution >= 4 is 12.0 Å². The fourth-order valence-corrected chi connectivity index (χ4v) is 3.74. The van der Waals surface area contributed by atoms with Crippen LogP contribution in [-0.4, -0.2) is 89.7 Å². The minimum Gasteiger partial charge on any atom is -0.480 e. The topological polar surface area (TPSA) is 76.1 Å². The zero-order valence-corrected chi connectivity index (χ0v) is 14.6. The summed E-state index contributed by atoms with van der Waals surface area (Å²) in [5.74, 6) is 0.123. The molecule has 0 aromatic carbocycles. The predicted molar refractivity (Wildman–Crippen MR) is 91.0 cm³/mol. The summed E-state index contributed by atoms with van der Waals surface area (Å²) in [6, 6.07) is 0.521. The lowest BCUT2D eigenvalue weighted by Gasteiger charge is -2.43. The minimum absolute atomic E-state index is 0.0470. The quantitative estimate of drug-likeness (QED) is 0.713. The van der Waals surface area contributed by atoms with E-state index in [2.05, 4.69) is 10.2 Å². The smallest absolute Gasteiger partial charge is 0.317 e. The molecule has 3 rings (SSSR count). The van der Waals surface area contributed by atoms with E-state index in [1.165, 1.54) is 19.4 Å². The summed E-state index contributed by atoms with van der Waals surface area (Å²) in [6.45, 7) is 7.61. The Hall–Kier alpha value is -1.34. The van der Waals surface area contributed by atoms with Gasteiger partial charge in [0.05, 0.1) is 6.54 Å². The maximum absolute atomic E-state index is 12.4. The largest absolute Gasteiger partial charge is 0.480 e. The molecule has 0 unspecified atom stereocenters. The first-order valence-electron chi connectivity index (χ1n) is 9.28. The van der Waals surface area contributed by atoms with Crippen LogP contribution in [0.15, 0.2) is 0 Å². The van der Waals surface area contributed by atoms with E-state index in [9.17, 15) is 9.59 Å². The van der Waals surface area contributed by atoms with Crippen LogP contribution in [0.2, 0.25) is 0 Å². The number of urea groups is 1. The number of carbonyl (C=O) groups excluding carboxylic acids is 1. The van der Waals surface area contributed by atoms with Crippen LogP contribution in [-0.2, 0) is 4.79 Å². The van der Waals surface area contributed by atoms with Crippen LogP contribution < -0.4 is 5.32 Å². The lowest BCUT2D eigenvalue weighted by atomic mass is 9.85. The highest BCUT2D eigenvalue weighted by Gasteiger charge is 2.36. The molecule has 0 atom stereocenters. The Kier molecular flexibility index (Phi) is 5.61. The first kappa shape index (κ1) is 17.5. The van der Waals surface area contributed by atoms with Crippen molar-refractivity contribution in [1.82, 2.24) is 20.0 Å². The highest BCUT2D eigenvalue weighted by atomic mass is 16.4. The summed E-state index contributed by atoms with van der Waals surface area (Å²) in [5.41, 5.74) is 0. The molecule has 2 saturated carbocycles. The Bertz CT molecular complexity index is 455. The normalized spacial score (nSPS) is 27.8. The number of nitrogens with one attached hydrogen (secondary N) is 1. The zero-order chi connectivity index (χ0) is 17.1. The zero-order valence-electron chi connectivity index (χ0n) is 14.6. The maximum Gasteiger partial charge on any atom is 0.317 e. The second kappa shape index (κ2) is 7.70. The van der Waals surface area contributed by atoms with Gasteiger partial charge in [0, 0.05) is 44.8 Å². The molecule has 0 aromatic heterocycles. The van der Waals surface area contributed by atoms with Gasteiger partial charge in [0.1, 0.15) is 0 Å². The lowest BCUT2D eigenvalue weighted by Crippen LogP contribution is -2.59. The van der Waals surface area contributed by atoms with Crippen molar-refractivity contribution in [3.8, 4) is 0 Å². The van der Waals surface area contributed by atoms with Crippen molar-refractivity contribution in [2.24, 2.45) is 5.92 Å². The molecule has 0 radical (unpaired) electrons. The van der Waals surface area contributed by atoms with Gasteiger partial charge in [0.25, 0.3) is 0 Å². The molecule has 136 valence electrons. The Morgan fingerprint density at radius 1 is 1.17 bits per heavy atom. The van der Waals surface area contributed by atoms with Gasteiger partial charge in [-0.15, -0.1) is 0 Å². The number of amides is 2. The number of carboxylic acids is 1. The molecule has 3 fully saturated rings. The van der Waals surface area contributed by atoms with Crippen LogP contribution >= 0.6 is 0 Å². The van der Waals surface area contributed by atoms with Gasteiger partial charge in [-0.2, -0.15) is 0 Å². The summed E-state index contributed by atoms with van der Waals surface area (Å²) < 4.78 is 0. The number of hydrogen-bond donors (Lipinski definition) is 2. The van der Waals surface area contributed by atoms with Gasteiger partial charge in [-0.3, -0.25) is 14.6 Å². The maximum atomic E-state index is 12.4. The second-order valence-electron chi connectivity index (χ2n) is 7.46. The van der Waals surface area contributed by atoms with Crippen LogP contribution in [0.3, 0.4) is 0 Å². The third-order valence-electron chi connectivity index (χ3n) is 5.57. The molecule has 7 nitrogen and oxygen atoms in total. The molecular formula is C17H30N4O3. The first-order valence-corrected chi connectivity index (χ1v) is 9.28. The average molecular weight is 338 g/mol. The first-order chi connectivity index (χ1) is 11.5. The number of hydrogen-bond acceptors (Lipinski definition) is 4. The molecule has 3 aliphatic rings. The van der Waals surface area contributed by atoms with Gasteiger partial charge < -0.3 is 15.3 Å². The minimum atomic E-state index is -0.784. The van der Waals surface area contributed by atoms with E-state index in [-0.39, 0.29) is 24.7 Å². The molecule has 2 N–H and O–H groups in total. The van der Waals surface area contributed by atoms with E-state index in [1.54, 1.807) is 0 Å². The Morgan fingerprint density at radius 3 is 2.38 bits per heavy atom. The molecule has 24 heavy (non-hydrogen) atoms. The number of piperazine rings is 1. The fraction of sp³-hybridized carbons (Fsp3) is 0.882. The molecule has 0 aromatic rings. The van der Waals surface area contributed by atoms with Gasteiger partial charge >= 0.3 is 12.0 Å². The number of carbonyl (C=O) groups is 2. The Balaban J connectivity index is 1.34. The van der Waals surface area contributed by atoms with E-state index in [4.69, 9.17) is 5.11 Å². The van der Waals surface area contributed by atoms with Gasteiger partial charge in [-0.05, 0) is 38.1 Å². The van der Waals surface area contributed by atoms with Crippen LogP contribution in [0.25, 0.3) is 0 Å². The molecular weight excluding hydrogens is 308 g/mol. The molecule has 1 heterocycles. The molecule has 7 heteroatoms. The molecule has 1 aliphatic heterocycles. The van der Waals surface area contributed by atoms with Crippen molar-refractivity contribution in [2.75, 3.05) is 45.8 Å². The van der Waals surface area contributed by atoms with Gasteiger partial charge in [-0.1, -0.05) is 6.92 Å². The van der Waals surface area contributed by atoms with Crippen molar-refractivity contribution in [2.45, 2.75) is 44.7 Å². The van der Waals surface area contributed by atoms with E-state index >= 15 is 0 Å². The number of carboxylic acid groups (broad SMARTS) is 1. The van der Waals surface area contributed by atoms with Crippen molar-refractivity contribution in [3.05, 3.63) is 0 Å². The van der Waals surface area contributed by atoms with Crippen molar-refractivity contribution in [3.63, 3.8) is 0 Å². The third kappa shape index (κ3) is 4.60. The van der Waals surface area contributed by atoms with Crippen LogP contribution in [0.4, 0.5) is 4.79 Å². The predicted octanol–water partition coefficient (Wildman–Crippen LogP) is 0.661. The SMILES string of the molecule is CCN(CC(=O)O)C1CC(NC(=O)N2CCN(CC3CC3)CC2)C1. The van der Waals surface area contributed by atoms with Crippen molar-refractivity contribution < 1.29 is 14.7 Å². The molecule has 0 spiro atoms. The molecule has 2 aliphatic carbocycles. The van der Waals surface area contributed by atoms with Crippen LogP contribution in [0.5, 0.6) is 0 Å². The monoisotopic (exact) mass is 338 g/mol. The summed E-state index contributed by atoms with van der Waals surface area (Å²) >= 11 is 0. The standard InChI is InChI=1S/C17H30N4O3/c1-2-20(12-16(22)23)15-9-14(10-15)18-17(24)21-7-5-19(6-8-21)11-13-3-4-13/h13-15H,2-12H2,1H3,(H,18,24)(H,22,23). The Morgan fingerprint density at radius 2 is 1.83 bits per heavy atom. The highest BCUT2D eigenvalue weighted by molar-refractivity contribution is 5.74. The number of rotatable bonds is 7. The Labute approximate surface area is 144 Å². The average Bonchev–Trinajstić information content (AvgIpc) is 3.33. The van der Waals surface area contributed by atoms with E-state index < -0.39 is 5.97 Å². The third-order valence-corrected chi connectivity index (χ3v) is 5.57. The fourth-order valence-electron chi connectivity index (χ4n) is 3.74. The summed E-state index contributed by atoms with van der Waals surface area (Å²) in [5, 5.41) is 12.0. The van der Waals surface area contributed by atoms with Gasteiger partial charge in [-0.25, -0.2) is 4.79 Å². The highest BCUT2D eigenvalue weighted by Crippen LogP contribution is 2.30. The van der Waals surface area contributed by atoms with Gasteiger partial charge in [0.15, 0.2) is 0 Å². The van der Waals surface area contributed by atoms with E-state index in [1.807, 2.05) is 16.7 Å². The van der Waals surface area contributed by atoms with Crippen molar-refractivity contribution in [1.29, 1.82) is 0 Å². The van der Waals surface area contributed by atoms with Gasteiger partial charge in [0.2, 0.25) is 0 Å². The summed E-state index contributed by atoms with van der Waals surface area (Å²) in [7, 11) is 0. The number of nitrogens with zero attached hydrogens (tertiary/aromatic N) is 3. The van der Waals surface area contributed by atoms with E-state index in [0.29, 0.717) is 0 Å². The summed E-state index contributed by atoms with van der Waals surface area (Å²) in [4.78, 5) is 29.6.